The van der Waals surface area contributed by atoms with Gasteiger partial charge in [-0.1, -0.05) is 39.3 Å². The van der Waals surface area contributed by atoms with E-state index in [1.54, 1.807) is 12.1 Å². The zero-order chi connectivity index (χ0) is 24.2. The average molecular weight is 471 g/mol. The molecule has 0 aliphatic carbocycles. The predicted molar refractivity (Wildman–Crippen MR) is 133 cm³/mol. The average Bonchev–Trinajstić information content (AvgIpc) is 3.12. The lowest BCUT2D eigenvalue weighted by atomic mass is 10.0. The number of imidazole rings is 1. The number of unbranched alkanes of at least 4 members (excludes halogenated alkanes) is 1. The smallest absolute Gasteiger partial charge is 0.242 e. The van der Waals surface area contributed by atoms with E-state index >= 15 is 0 Å². The predicted octanol–water partition coefficient (Wildman–Crippen LogP) is 4.78. The summed E-state index contributed by atoms with van der Waals surface area (Å²) in [6, 6.07) is 13.0. The number of hydrogen-bond donors (Lipinski definition) is 1. The number of benzene rings is 2. The van der Waals surface area contributed by atoms with Gasteiger partial charge in [-0.3, -0.25) is 4.79 Å². The van der Waals surface area contributed by atoms with Crippen LogP contribution in [0, 0.1) is 0 Å². The third-order valence-corrected chi connectivity index (χ3v) is 7.54. The lowest BCUT2D eigenvalue weighted by Gasteiger charge is -2.12. The Kier molecular flexibility index (Phi) is 7.92. The molecule has 0 saturated carbocycles. The minimum Gasteiger partial charge on any atom is -0.328 e. The lowest BCUT2D eigenvalue weighted by molar-refractivity contribution is -0.116. The fraction of sp³-hybridized carbons (Fsp3) is 0.440. The van der Waals surface area contributed by atoms with E-state index < -0.39 is 10.0 Å². The molecule has 3 aromatic rings. The van der Waals surface area contributed by atoms with Crippen molar-refractivity contribution in [2.45, 2.75) is 63.8 Å². The number of hydrogen-bond acceptors (Lipinski definition) is 4. The first kappa shape index (κ1) is 24.9. The fourth-order valence-electron chi connectivity index (χ4n) is 3.71. The highest BCUT2D eigenvalue weighted by atomic mass is 32.2. The van der Waals surface area contributed by atoms with Crippen LogP contribution in [0.25, 0.3) is 11.0 Å². The molecule has 8 heteroatoms. The van der Waals surface area contributed by atoms with E-state index in [1.165, 1.54) is 24.0 Å². The summed E-state index contributed by atoms with van der Waals surface area (Å²) in [6.07, 6.45) is 2.78. The Balaban J connectivity index is 1.82. The summed E-state index contributed by atoms with van der Waals surface area (Å²) in [7, 11) is -0.511. The van der Waals surface area contributed by atoms with Gasteiger partial charge in [0.15, 0.2) is 0 Å². The quantitative estimate of drug-likeness (QED) is 0.462. The van der Waals surface area contributed by atoms with Crippen molar-refractivity contribution in [3.05, 3.63) is 53.9 Å². The van der Waals surface area contributed by atoms with Crippen molar-refractivity contribution in [1.29, 1.82) is 0 Å². The maximum atomic E-state index is 12.6. The second-order valence-electron chi connectivity index (χ2n) is 8.80. The normalized spacial score (nSPS) is 12.1. The number of sulfonamides is 1. The first-order valence-corrected chi connectivity index (χ1v) is 12.9. The maximum Gasteiger partial charge on any atom is 0.242 e. The second kappa shape index (κ2) is 10.5. The molecule has 0 atom stereocenters. The van der Waals surface area contributed by atoms with Crippen LogP contribution in [0.1, 0.15) is 57.3 Å². The monoisotopic (exact) mass is 470 g/mol. The molecule has 178 valence electrons. The topological polar surface area (TPSA) is 84.3 Å². The Morgan fingerprint density at radius 1 is 1.15 bits per heavy atom. The number of amides is 1. The number of carbonyl (C=O) groups excluding carboxylic acids is 1. The Labute approximate surface area is 196 Å². The highest BCUT2D eigenvalue weighted by molar-refractivity contribution is 7.89. The molecule has 1 aromatic heterocycles. The van der Waals surface area contributed by atoms with Crippen molar-refractivity contribution in [1.82, 2.24) is 13.9 Å². The highest BCUT2D eigenvalue weighted by Crippen LogP contribution is 2.24. The van der Waals surface area contributed by atoms with E-state index in [9.17, 15) is 13.2 Å². The van der Waals surface area contributed by atoms with E-state index in [-0.39, 0.29) is 10.8 Å². The zero-order valence-electron chi connectivity index (χ0n) is 20.1. The minimum atomic E-state index is -3.54. The summed E-state index contributed by atoms with van der Waals surface area (Å²) in [5.74, 6) is 1.12. The van der Waals surface area contributed by atoms with Crippen LogP contribution in [0.2, 0.25) is 0 Å². The molecule has 0 radical (unpaired) electrons. The molecule has 0 bridgehead atoms. The Morgan fingerprint density at radius 2 is 1.91 bits per heavy atom. The van der Waals surface area contributed by atoms with Crippen LogP contribution >= 0.6 is 0 Å². The van der Waals surface area contributed by atoms with Gasteiger partial charge in [-0.2, -0.15) is 0 Å². The second-order valence-corrected chi connectivity index (χ2v) is 11.0. The van der Waals surface area contributed by atoms with Gasteiger partial charge in [-0.05, 0) is 48.2 Å². The molecule has 33 heavy (non-hydrogen) atoms. The fourth-order valence-corrected chi connectivity index (χ4v) is 4.63. The van der Waals surface area contributed by atoms with Crippen LogP contribution in [-0.2, 0) is 27.8 Å². The lowest BCUT2D eigenvalue weighted by Crippen LogP contribution is -2.22. The summed E-state index contributed by atoms with van der Waals surface area (Å²) >= 11 is 0. The van der Waals surface area contributed by atoms with E-state index in [4.69, 9.17) is 4.98 Å². The summed E-state index contributed by atoms with van der Waals surface area (Å²) in [4.78, 5) is 17.6. The van der Waals surface area contributed by atoms with Crippen molar-refractivity contribution in [2.24, 2.45) is 0 Å². The molecule has 1 amide bonds. The molecule has 0 spiro atoms. The van der Waals surface area contributed by atoms with Gasteiger partial charge in [0.1, 0.15) is 5.82 Å². The van der Waals surface area contributed by atoms with Crippen molar-refractivity contribution >= 4 is 32.7 Å². The van der Waals surface area contributed by atoms with Gasteiger partial charge in [0.25, 0.3) is 0 Å². The summed E-state index contributed by atoms with van der Waals surface area (Å²) in [5, 5.41) is 2.98. The molecule has 3 rings (SSSR count). The number of fused-ring (bicyclic) bond motifs is 1. The molecule has 0 aliphatic rings. The third-order valence-electron chi connectivity index (χ3n) is 5.73. The van der Waals surface area contributed by atoms with Crippen molar-refractivity contribution < 1.29 is 13.2 Å². The summed E-state index contributed by atoms with van der Waals surface area (Å²) in [6.45, 7) is 7.15. The van der Waals surface area contributed by atoms with Crippen molar-refractivity contribution in [3.8, 4) is 0 Å². The van der Waals surface area contributed by atoms with Gasteiger partial charge in [0, 0.05) is 39.2 Å². The molecular weight excluding hydrogens is 436 g/mol. The Hall–Kier alpha value is -2.71. The van der Waals surface area contributed by atoms with Crippen LogP contribution in [0.15, 0.2) is 47.4 Å². The van der Waals surface area contributed by atoms with E-state index in [2.05, 4.69) is 36.7 Å². The van der Waals surface area contributed by atoms with Gasteiger partial charge in [-0.25, -0.2) is 17.7 Å². The van der Waals surface area contributed by atoms with Crippen molar-refractivity contribution in [2.75, 3.05) is 19.4 Å². The molecular formula is C25H34N4O3S. The molecule has 0 unspecified atom stereocenters. The number of anilines is 1. The maximum absolute atomic E-state index is 12.6. The summed E-state index contributed by atoms with van der Waals surface area (Å²) < 4.78 is 28.4. The van der Waals surface area contributed by atoms with Crippen LogP contribution in [0.4, 0.5) is 5.69 Å². The minimum absolute atomic E-state index is 0.0686. The first-order chi connectivity index (χ1) is 15.6. The summed E-state index contributed by atoms with van der Waals surface area (Å²) in [5.41, 5.74) is 3.50. The molecule has 1 N–H and O–H groups in total. The van der Waals surface area contributed by atoms with Crippen LogP contribution in [-0.4, -0.2) is 42.3 Å². The van der Waals surface area contributed by atoms with E-state index in [0.29, 0.717) is 24.3 Å². The van der Waals surface area contributed by atoms with E-state index in [0.717, 1.165) is 36.4 Å². The Bertz CT molecular complexity index is 1230. The highest BCUT2D eigenvalue weighted by Gasteiger charge is 2.20. The van der Waals surface area contributed by atoms with Crippen LogP contribution in [0.3, 0.4) is 0 Å². The molecule has 2 aromatic carbocycles. The Morgan fingerprint density at radius 3 is 2.58 bits per heavy atom. The number of nitrogens with one attached hydrogen (secondary N) is 1. The molecule has 0 saturated heterocycles. The number of rotatable bonds is 10. The van der Waals surface area contributed by atoms with Gasteiger partial charge in [-0.15, -0.1) is 0 Å². The number of carbonyl (C=O) groups is 1. The molecule has 7 nitrogen and oxygen atoms in total. The van der Waals surface area contributed by atoms with Gasteiger partial charge < -0.3 is 9.88 Å². The van der Waals surface area contributed by atoms with E-state index in [1.807, 2.05) is 24.3 Å². The van der Waals surface area contributed by atoms with Gasteiger partial charge in [0.05, 0.1) is 15.9 Å². The van der Waals surface area contributed by atoms with Gasteiger partial charge in [0.2, 0.25) is 15.9 Å². The van der Waals surface area contributed by atoms with Crippen LogP contribution in [0.5, 0.6) is 0 Å². The van der Waals surface area contributed by atoms with Gasteiger partial charge >= 0.3 is 0 Å². The SMILES string of the molecule is CCCCn1c(CCC(=O)Nc2cccc(C(C)C)c2)nc2cc(S(=O)(=O)N(C)C)ccc21. The largest absolute Gasteiger partial charge is 0.328 e. The molecule has 0 aliphatic heterocycles. The number of aromatic nitrogens is 2. The standard InChI is InChI=1S/C25H34N4O3S/c1-6-7-15-29-23-12-11-21(33(31,32)28(4)5)17-22(23)27-24(29)13-14-25(30)26-20-10-8-9-19(16-20)18(2)3/h8-12,16-18H,6-7,13-15H2,1-5H3,(H,26,30). The molecule has 0 fully saturated rings. The third kappa shape index (κ3) is 5.81. The first-order valence-electron chi connectivity index (χ1n) is 11.4. The zero-order valence-corrected chi connectivity index (χ0v) is 20.9. The van der Waals surface area contributed by atoms with Crippen LogP contribution < -0.4 is 5.32 Å². The molecule has 1 heterocycles. The number of aryl methyl sites for hydroxylation is 2. The number of nitrogens with zero attached hydrogens (tertiary/aromatic N) is 3. The van der Waals surface area contributed by atoms with Crippen molar-refractivity contribution in [3.63, 3.8) is 0 Å².